The molecule has 6 heterocycles. The average Bonchev–Trinajstić information content (AvgIpc) is 1.65. The zero-order chi connectivity index (χ0) is 74.1. The number of carbonyl (C=O) groups excluding carboxylic acids is 6. The van der Waals surface area contributed by atoms with Crippen molar-refractivity contribution in [2.45, 2.75) is 153 Å². The number of fused-ring (bicyclic) bond motifs is 1. The number of likely N-dealkylation sites (tertiary alicyclic amines) is 1. The second-order valence-electron chi connectivity index (χ2n) is 27.9. The number of hydrogen-bond donors (Lipinski definition) is 6. The van der Waals surface area contributed by atoms with E-state index < -0.39 is 66.7 Å². The minimum Gasteiger partial charge on any atom is -0.480 e. The lowest BCUT2D eigenvalue weighted by Crippen LogP contribution is -2.55. The molecule has 5 amide bonds. The summed E-state index contributed by atoms with van der Waals surface area (Å²) in [5, 5.41) is 50.3. The fraction of sp³-hybridized carbons (Fsp3) is 0.589. The first kappa shape index (κ1) is 80.2. The fourth-order valence-electron chi connectivity index (χ4n) is 14.4. The van der Waals surface area contributed by atoms with Gasteiger partial charge in [0.15, 0.2) is 5.11 Å². The third kappa shape index (κ3) is 24.9. The van der Waals surface area contributed by atoms with E-state index in [1.165, 1.54) is 9.13 Å². The van der Waals surface area contributed by atoms with Crippen LogP contribution in [-0.2, 0) is 82.0 Å². The topological polar surface area (TPSA) is 315 Å². The smallest absolute Gasteiger partial charge is 0.317 e. The number of nitrogens with zero attached hydrogens (tertiary/aromatic N) is 12. The van der Waals surface area contributed by atoms with Crippen LogP contribution in [-0.4, -0.2) is 266 Å². The standard InChI is InChI=1S/C73H99F2IN16O11S/c1-2-84-27-28-86(47-67(96)97)29-30-87(48-68(98)99)33-36-89(50-103-51-93)60(45-84)37-53-19-23-58(24-20-53)79-72(104)81-63(15-6-7-25-78-65(94)16-9-11-52-17-21-57(76)22-18-52)70(101)88-34-31-85(32-35-88)26-8-4-3-5-14-59-44-91(83-82-59)43-55-13-10-12-54-42-90(46-62(54)55)66(95)39-56-38-64(80-69(56)100)71(102)92-49-73(74,75)40-61(92)41-77/h10,12-13,17-24,44,51,56,60-61,63-64H,2-9,11,14-16,25-40,42-43,45-50H2,1H3,(H,78,94)(H,80,100)(H,96,97)(H,98,99)(H2,79,81,104)/t56-,60?,61-,63+,64-/m0/s1. The highest BCUT2D eigenvalue weighted by Crippen LogP contribution is 2.35. The summed E-state index contributed by atoms with van der Waals surface area (Å²) in [4.78, 5) is 117. The molecule has 104 heavy (non-hydrogen) atoms. The zero-order valence-electron chi connectivity index (χ0n) is 59.3. The number of aromatic nitrogens is 3. The molecule has 4 saturated heterocycles. The Morgan fingerprint density at radius 3 is 2.22 bits per heavy atom. The summed E-state index contributed by atoms with van der Waals surface area (Å²) < 4.78 is 36.5. The van der Waals surface area contributed by atoms with E-state index in [9.17, 15) is 62.6 Å². The molecule has 0 radical (unpaired) electrons. The summed E-state index contributed by atoms with van der Waals surface area (Å²) in [5.74, 6) is -7.45. The first-order chi connectivity index (χ1) is 50.1. The van der Waals surface area contributed by atoms with Crippen molar-refractivity contribution < 1.29 is 62.1 Å². The molecule has 0 spiro atoms. The van der Waals surface area contributed by atoms with Crippen molar-refractivity contribution in [1.82, 2.24) is 70.1 Å². The number of carbonyl (C=O) groups is 8. The van der Waals surface area contributed by atoms with Crippen LogP contribution in [0.5, 0.6) is 0 Å². The number of thiocarbonyl (C=S) groups is 1. The van der Waals surface area contributed by atoms with Crippen LogP contribution >= 0.6 is 34.8 Å². The molecular weight excluding hydrogens is 1470 g/mol. The molecule has 5 aliphatic rings. The minimum atomic E-state index is -3.19. The lowest BCUT2D eigenvalue weighted by Gasteiger charge is -2.37. The van der Waals surface area contributed by atoms with Gasteiger partial charge >= 0.3 is 11.9 Å². The highest BCUT2D eigenvalue weighted by Gasteiger charge is 2.50. The third-order valence-corrected chi connectivity index (χ3v) is 21.2. The van der Waals surface area contributed by atoms with Gasteiger partial charge in [0.1, 0.15) is 24.9 Å². The Balaban J connectivity index is 0.719. The highest BCUT2D eigenvalue weighted by atomic mass is 127. The number of likely N-dealkylation sites (N-methyl/N-ethyl adjacent to an activating group) is 1. The number of ether oxygens (including phenoxy) is 1. The number of aryl methyl sites for hydroxylation is 2. The molecule has 4 fully saturated rings. The normalized spacial score (nSPS) is 20.3. The largest absolute Gasteiger partial charge is 0.480 e. The number of nitriles is 1. The Bertz CT molecular complexity index is 3600. The summed E-state index contributed by atoms with van der Waals surface area (Å²) in [6.45, 7) is 10.2. The van der Waals surface area contributed by atoms with Gasteiger partial charge in [-0.1, -0.05) is 67.4 Å². The maximum Gasteiger partial charge on any atom is 0.317 e. The number of alkyl halides is 2. The van der Waals surface area contributed by atoms with Gasteiger partial charge in [0.25, 0.3) is 12.4 Å². The number of carboxylic acids is 2. The minimum absolute atomic E-state index is 0.00299. The molecule has 564 valence electrons. The highest BCUT2D eigenvalue weighted by molar-refractivity contribution is 14.1. The number of nitrogens with one attached hydrogen (secondary N) is 4. The number of halogens is 3. The number of anilines is 1. The van der Waals surface area contributed by atoms with Crippen molar-refractivity contribution in [2.24, 2.45) is 5.92 Å². The van der Waals surface area contributed by atoms with Crippen LogP contribution in [0.1, 0.15) is 117 Å². The summed E-state index contributed by atoms with van der Waals surface area (Å²) in [6.07, 6.45) is 10.2. The number of benzene rings is 3. The number of piperazine rings is 1. The molecule has 5 aliphatic heterocycles. The van der Waals surface area contributed by atoms with E-state index in [1.54, 1.807) is 20.6 Å². The molecular formula is C73H99F2IN16O11S. The zero-order valence-corrected chi connectivity index (χ0v) is 62.3. The number of rotatable bonds is 34. The number of carboxylic acid groups (broad SMARTS) is 2. The monoisotopic (exact) mass is 1570 g/mol. The van der Waals surface area contributed by atoms with Crippen LogP contribution in [0.2, 0.25) is 0 Å². The Morgan fingerprint density at radius 1 is 0.827 bits per heavy atom. The first-order valence-corrected chi connectivity index (χ1v) is 37.8. The Hall–Kier alpha value is -7.87. The first-order valence-electron chi connectivity index (χ1n) is 36.3. The van der Waals surface area contributed by atoms with Crippen molar-refractivity contribution in [3.05, 3.63) is 110 Å². The molecule has 9 rings (SSSR count). The van der Waals surface area contributed by atoms with Crippen LogP contribution in [0, 0.1) is 20.8 Å². The van der Waals surface area contributed by atoms with Gasteiger partial charge in [0, 0.05) is 138 Å². The van der Waals surface area contributed by atoms with Gasteiger partial charge in [-0.2, -0.15) is 5.26 Å². The third-order valence-electron chi connectivity index (χ3n) is 20.3. The molecule has 5 atom stereocenters. The van der Waals surface area contributed by atoms with Crippen LogP contribution in [0.15, 0.2) is 72.9 Å². The molecule has 4 aromatic rings. The number of aliphatic carboxylic acids is 2. The van der Waals surface area contributed by atoms with Crippen molar-refractivity contribution in [3.63, 3.8) is 0 Å². The van der Waals surface area contributed by atoms with Crippen molar-refractivity contribution >= 4 is 93.6 Å². The summed E-state index contributed by atoms with van der Waals surface area (Å²) >= 11 is 8.19. The van der Waals surface area contributed by atoms with Gasteiger partial charge in [-0.15, -0.1) is 5.10 Å². The van der Waals surface area contributed by atoms with Crippen LogP contribution in [0.3, 0.4) is 0 Å². The number of hydrogen-bond acceptors (Lipinski definition) is 18. The second kappa shape index (κ2) is 40.0. The number of unbranched alkanes of at least 4 members (excludes halogenated alkanes) is 4. The summed E-state index contributed by atoms with van der Waals surface area (Å²) in [5.41, 5.74) is 6.76. The van der Waals surface area contributed by atoms with Crippen LogP contribution in [0.25, 0.3) is 0 Å². The predicted octanol–water partition coefficient (Wildman–Crippen LogP) is 4.79. The van der Waals surface area contributed by atoms with Crippen LogP contribution in [0.4, 0.5) is 14.5 Å². The Kier molecular flexibility index (Phi) is 30.9. The van der Waals surface area contributed by atoms with Crippen molar-refractivity contribution in [3.8, 4) is 6.07 Å². The lowest BCUT2D eigenvalue weighted by molar-refractivity contribution is -0.140. The molecule has 1 unspecified atom stereocenters. The van der Waals surface area contributed by atoms with Crippen molar-refractivity contribution in [1.29, 1.82) is 5.26 Å². The van der Waals surface area contributed by atoms with Gasteiger partial charge in [0.05, 0.1) is 37.9 Å². The van der Waals surface area contributed by atoms with E-state index in [0.29, 0.717) is 141 Å². The molecule has 0 aliphatic carbocycles. The quantitative estimate of drug-likeness (QED) is 0.0158. The van der Waals surface area contributed by atoms with E-state index >= 15 is 0 Å². The molecule has 31 heteroatoms. The van der Waals surface area contributed by atoms with Gasteiger partial charge in [0.2, 0.25) is 29.5 Å². The maximum atomic E-state index is 14.5. The summed E-state index contributed by atoms with van der Waals surface area (Å²) in [6, 6.07) is 20.7. The van der Waals surface area contributed by atoms with Crippen molar-refractivity contribution in [2.75, 3.05) is 123 Å². The number of amides is 5. The van der Waals surface area contributed by atoms with Crippen LogP contribution < -0.4 is 21.3 Å². The molecule has 0 bridgehead atoms. The maximum absolute atomic E-state index is 14.5. The molecule has 0 saturated carbocycles. The van der Waals surface area contributed by atoms with Gasteiger partial charge < -0.3 is 55.8 Å². The Labute approximate surface area is 625 Å². The summed E-state index contributed by atoms with van der Waals surface area (Å²) in [7, 11) is 0. The molecule has 1 aromatic heterocycles. The second-order valence-corrected chi connectivity index (χ2v) is 29.5. The van der Waals surface area contributed by atoms with E-state index in [2.05, 4.69) is 93.1 Å². The van der Waals surface area contributed by atoms with E-state index in [4.69, 9.17) is 17.0 Å². The fourth-order valence-corrected chi connectivity index (χ4v) is 15.0. The Morgan fingerprint density at radius 2 is 1.52 bits per heavy atom. The van der Waals surface area contributed by atoms with Gasteiger partial charge in [-0.25, -0.2) is 13.5 Å². The van der Waals surface area contributed by atoms with E-state index in [1.807, 2.05) is 65.4 Å². The SMILES string of the molecule is CCN1CCN(CC(=O)O)CCN(CC(=O)O)CCN(COC=O)C(Cc2ccc(NC(=S)N[C@H](CCCCNC(=O)CCCc3ccc(I)cc3)C(=O)N3CCN(CCCCCCc4cn(Cc5cccc6c5CN(C(=O)C[C@@H]5C[C@@H](C(=O)N7CC(F)(F)C[C@H]7C#N)NC5=O)C6)nn4)CC3)cc2)C1. The van der Waals surface area contributed by atoms with Gasteiger partial charge in [-0.05, 0) is 164 Å². The molecule has 6 N–H and O–H groups in total. The molecule has 3 aromatic carbocycles. The van der Waals surface area contributed by atoms with E-state index in [-0.39, 0.29) is 56.4 Å². The lowest BCUT2D eigenvalue weighted by atomic mass is 9.99. The average molecular weight is 1570 g/mol. The van der Waals surface area contributed by atoms with Gasteiger partial charge in [-0.3, -0.25) is 58.0 Å². The predicted molar refractivity (Wildman–Crippen MR) is 395 cm³/mol. The molecule has 27 nitrogen and oxygen atoms in total. The van der Waals surface area contributed by atoms with E-state index in [0.717, 1.165) is 97.4 Å².